The first-order valence-corrected chi connectivity index (χ1v) is 7.07. The molecule has 1 fully saturated rings. The van der Waals surface area contributed by atoms with Gasteiger partial charge in [0.05, 0.1) is 7.11 Å². The van der Waals surface area contributed by atoms with Gasteiger partial charge in [-0.15, -0.1) is 0 Å². The average molecular weight is 263 g/mol. The summed E-state index contributed by atoms with van der Waals surface area (Å²) < 4.78 is 10.8. The zero-order chi connectivity index (χ0) is 13.9. The second kappa shape index (κ2) is 5.93. The van der Waals surface area contributed by atoms with Crippen LogP contribution in [0.4, 0.5) is 0 Å². The molecule has 19 heavy (non-hydrogen) atoms. The number of ether oxygens (including phenoxy) is 2. The van der Waals surface area contributed by atoms with Crippen LogP contribution >= 0.6 is 0 Å². The van der Waals surface area contributed by atoms with E-state index < -0.39 is 0 Å². The van der Waals surface area contributed by atoms with E-state index in [1.807, 2.05) is 0 Å². The number of hydrogen-bond acceptors (Lipinski definition) is 3. The third-order valence-electron chi connectivity index (χ3n) is 3.96. The maximum Gasteiger partial charge on any atom is 0.122 e. The molecule has 1 aliphatic rings. The standard InChI is InChI=1S/C16H25NO2/c1-12(2)14-10-13(4-5-15(14)18-3)11-16(17)6-8-19-9-7-16/h4-5,10,12H,6-9,11,17H2,1-3H3. The molecule has 1 aliphatic heterocycles. The normalized spacial score (nSPS) is 18.6. The van der Waals surface area contributed by atoms with Gasteiger partial charge < -0.3 is 15.2 Å². The third-order valence-corrected chi connectivity index (χ3v) is 3.96. The lowest BCUT2D eigenvalue weighted by atomic mass is 9.84. The van der Waals surface area contributed by atoms with Crippen molar-refractivity contribution in [3.05, 3.63) is 29.3 Å². The van der Waals surface area contributed by atoms with E-state index >= 15 is 0 Å². The van der Waals surface area contributed by atoms with Crippen LogP contribution in [-0.4, -0.2) is 25.9 Å². The number of benzene rings is 1. The van der Waals surface area contributed by atoms with Crippen molar-refractivity contribution in [2.45, 2.75) is 44.6 Å². The van der Waals surface area contributed by atoms with Gasteiger partial charge in [-0.25, -0.2) is 0 Å². The zero-order valence-electron chi connectivity index (χ0n) is 12.2. The molecule has 1 aromatic rings. The summed E-state index contributed by atoms with van der Waals surface area (Å²) in [6, 6.07) is 6.44. The SMILES string of the molecule is COc1ccc(CC2(N)CCOCC2)cc1C(C)C. The highest BCUT2D eigenvalue weighted by atomic mass is 16.5. The molecule has 0 radical (unpaired) electrons. The highest BCUT2D eigenvalue weighted by Gasteiger charge is 2.28. The maximum absolute atomic E-state index is 6.48. The van der Waals surface area contributed by atoms with Gasteiger partial charge in [0.25, 0.3) is 0 Å². The first-order chi connectivity index (χ1) is 9.04. The fourth-order valence-corrected chi connectivity index (χ4v) is 2.71. The molecule has 0 bridgehead atoms. The van der Waals surface area contributed by atoms with Crippen molar-refractivity contribution < 1.29 is 9.47 Å². The molecule has 1 saturated heterocycles. The van der Waals surface area contributed by atoms with Crippen LogP contribution in [-0.2, 0) is 11.2 Å². The van der Waals surface area contributed by atoms with Crippen molar-refractivity contribution in [2.24, 2.45) is 5.73 Å². The number of hydrogen-bond donors (Lipinski definition) is 1. The summed E-state index contributed by atoms with van der Waals surface area (Å²) in [7, 11) is 1.73. The molecule has 106 valence electrons. The van der Waals surface area contributed by atoms with E-state index in [0.717, 1.165) is 38.2 Å². The molecule has 0 aliphatic carbocycles. The van der Waals surface area contributed by atoms with E-state index in [0.29, 0.717) is 5.92 Å². The Labute approximate surface area is 116 Å². The minimum absolute atomic E-state index is 0.110. The van der Waals surface area contributed by atoms with Crippen LogP contribution < -0.4 is 10.5 Å². The Bertz CT molecular complexity index is 423. The first-order valence-electron chi connectivity index (χ1n) is 7.07. The largest absolute Gasteiger partial charge is 0.496 e. The molecule has 0 amide bonds. The van der Waals surface area contributed by atoms with Gasteiger partial charge in [0.2, 0.25) is 0 Å². The lowest BCUT2D eigenvalue weighted by Gasteiger charge is -2.33. The summed E-state index contributed by atoms with van der Waals surface area (Å²) in [4.78, 5) is 0. The van der Waals surface area contributed by atoms with Crippen molar-refractivity contribution >= 4 is 0 Å². The summed E-state index contributed by atoms with van der Waals surface area (Å²) in [6.07, 6.45) is 2.80. The first kappa shape index (κ1) is 14.4. The summed E-state index contributed by atoms with van der Waals surface area (Å²) in [5, 5.41) is 0. The summed E-state index contributed by atoms with van der Waals surface area (Å²) in [5.41, 5.74) is 8.93. The van der Waals surface area contributed by atoms with Crippen LogP contribution in [0.3, 0.4) is 0 Å². The lowest BCUT2D eigenvalue weighted by molar-refractivity contribution is 0.0533. The van der Waals surface area contributed by atoms with Crippen molar-refractivity contribution in [1.29, 1.82) is 0 Å². The smallest absolute Gasteiger partial charge is 0.122 e. The van der Waals surface area contributed by atoms with Crippen molar-refractivity contribution in [3.8, 4) is 5.75 Å². The number of rotatable bonds is 4. The third kappa shape index (κ3) is 3.48. The van der Waals surface area contributed by atoms with E-state index in [1.54, 1.807) is 7.11 Å². The Morgan fingerprint density at radius 1 is 1.32 bits per heavy atom. The van der Waals surface area contributed by atoms with Crippen LogP contribution in [0, 0.1) is 0 Å². The molecule has 0 atom stereocenters. The predicted molar refractivity (Wildman–Crippen MR) is 77.8 cm³/mol. The molecular formula is C16H25NO2. The molecule has 0 aromatic heterocycles. The van der Waals surface area contributed by atoms with Gasteiger partial charge >= 0.3 is 0 Å². The van der Waals surface area contributed by atoms with Crippen molar-refractivity contribution in [2.75, 3.05) is 20.3 Å². The lowest BCUT2D eigenvalue weighted by Crippen LogP contribution is -2.46. The van der Waals surface area contributed by atoms with E-state index in [4.69, 9.17) is 15.2 Å². The molecule has 0 saturated carbocycles. The highest BCUT2D eigenvalue weighted by Crippen LogP contribution is 2.30. The van der Waals surface area contributed by atoms with Gasteiger partial charge in [0.1, 0.15) is 5.75 Å². The van der Waals surface area contributed by atoms with Crippen LogP contribution in [0.1, 0.15) is 43.7 Å². The Morgan fingerprint density at radius 3 is 2.58 bits per heavy atom. The van der Waals surface area contributed by atoms with E-state index in [9.17, 15) is 0 Å². The Morgan fingerprint density at radius 2 is 2.00 bits per heavy atom. The zero-order valence-corrected chi connectivity index (χ0v) is 12.2. The second-order valence-corrected chi connectivity index (χ2v) is 5.88. The van der Waals surface area contributed by atoms with Crippen LogP contribution in [0.15, 0.2) is 18.2 Å². The van der Waals surface area contributed by atoms with Crippen molar-refractivity contribution in [1.82, 2.24) is 0 Å². The quantitative estimate of drug-likeness (QED) is 0.908. The van der Waals surface area contributed by atoms with Crippen molar-refractivity contribution in [3.63, 3.8) is 0 Å². The molecule has 0 spiro atoms. The molecule has 3 nitrogen and oxygen atoms in total. The number of nitrogens with two attached hydrogens (primary N) is 1. The molecule has 1 aromatic carbocycles. The fourth-order valence-electron chi connectivity index (χ4n) is 2.71. The van der Waals surface area contributed by atoms with Crippen LogP contribution in [0.2, 0.25) is 0 Å². The van der Waals surface area contributed by atoms with Gasteiger partial charge in [-0.1, -0.05) is 26.0 Å². The monoisotopic (exact) mass is 263 g/mol. The number of methoxy groups -OCH3 is 1. The Hall–Kier alpha value is -1.06. The second-order valence-electron chi connectivity index (χ2n) is 5.88. The van der Waals surface area contributed by atoms with E-state index in [-0.39, 0.29) is 5.54 Å². The molecule has 3 heteroatoms. The summed E-state index contributed by atoms with van der Waals surface area (Å²) in [6.45, 7) is 5.94. The summed E-state index contributed by atoms with van der Waals surface area (Å²) >= 11 is 0. The van der Waals surface area contributed by atoms with E-state index in [2.05, 4.69) is 32.0 Å². The van der Waals surface area contributed by atoms with Crippen LogP contribution in [0.25, 0.3) is 0 Å². The minimum atomic E-state index is -0.110. The van der Waals surface area contributed by atoms with Gasteiger partial charge in [0, 0.05) is 18.8 Å². The van der Waals surface area contributed by atoms with Gasteiger partial charge in [-0.3, -0.25) is 0 Å². The molecular weight excluding hydrogens is 238 g/mol. The Balaban J connectivity index is 2.18. The average Bonchev–Trinajstić information content (AvgIpc) is 2.39. The van der Waals surface area contributed by atoms with Gasteiger partial charge in [0.15, 0.2) is 0 Å². The molecule has 2 rings (SSSR count). The maximum atomic E-state index is 6.48. The highest BCUT2D eigenvalue weighted by molar-refractivity contribution is 5.39. The van der Waals surface area contributed by atoms with Crippen LogP contribution in [0.5, 0.6) is 5.75 Å². The topological polar surface area (TPSA) is 44.5 Å². The molecule has 0 unspecified atom stereocenters. The fraction of sp³-hybridized carbons (Fsp3) is 0.625. The predicted octanol–water partition coefficient (Wildman–Crippen LogP) is 2.87. The molecule has 2 N–H and O–H groups in total. The molecule has 1 heterocycles. The van der Waals surface area contributed by atoms with Gasteiger partial charge in [-0.2, -0.15) is 0 Å². The summed E-state index contributed by atoms with van der Waals surface area (Å²) in [5.74, 6) is 1.43. The Kier molecular flexibility index (Phi) is 4.48. The minimum Gasteiger partial charge on any atom is -0.496 e. The van der Waals surface area contributed by atoms with Gasteiger partial charge in [-0.05, 0) is 42.4 Å². The van der Waals surface area contributed by atoms with E-state index in [1.165, 1.54) is 11.1 Å².